The van der Waals surface area contributed by atoms with Gasteiger partial charge in [0.05, 0.1) is 11.0 Å². The molecule has 10 aromatic rings. The Balaban J connectivity index is 1.29. The third kappa shape index (κ3) is 3.90. The molecule has 0 amide bonds. The minimum atomic E-state index is 1.16. The lowest BCUT2D eigenvalue weighted by atomic mass is 9.88. The van der Waals surface area contributed by atoms with Crippen LogP contribution in [0.2, 0.25) is 0 Å². The van der Waals surface area contributed by atoms with Gasteiger partial charge in [0, 0.05) is 16.5 Å². The molecular weight excluding hydrogens is 567 g/mol. The lowest BCUT2D eigenvalue weighted by molar-refractivity contribution is 1.18. The molecule has 0 N–H and O–H groups in total. The highest BCUT2D eigenvalue weighted by Crippen LogP contribution is 2.42. The summed E-state index contributed by atoms with van der Waals surface area (Å²) < 4.78 is 2.42. The smallest absolute Gasteiger partial charge is 0.0541 e. The lowest BCUT2D eigenvalue weighted by Crippen LogP contribution is -1.96. The van der Waals surface area contributed by atoms with E-state index in [1.54, 1.807) is 0 Å². The van der Waals surface area contributed by atoms with Crippen LogP contribution >= 0.6 is 0 Å². The fourth-order valence-corrected chi connectivity index (χ4v) is 7.88. The lowest BCUT2D eigenvalue weighted by Gasteiger charge is -2.18. The zero-order valence-corrected chi connectivity index (χ0v) is 25.7. The van der Waals surface area contributed by atoms with Crippen LogP contribution < -0.4 is 0 Å². The fourth-order valence-electron chi connectivity index (χ4n) is 7.88. The van der Waals surface area contributed by atoms with Crippen molar-refractivity contribution in [2.75, 3.05) is 0 Å². The van der Waals surface area contributed by atoms with Gasteiger partial charge in [0.15, 0.2) is 0 Å². The Hall–Kier alpha value is -6.18. The maximum absolute atomic E-state index is 2.42. The molecule has 9 aromatic carbocycles. The summed E-state index contributed by atoms with van der Waals surface area (Å²) in [7, 11) is 0. The number of nitrogens with zero attached hydrogens (tertiary/aromatic N) is 1. The first kappa shape index (κ1) is 26.1. The van der Waals surface area contributed by atoms with E-state index in [4.69, 9.17) is 0 Å². The molecule has 0 aliphatic carbocycles. The average Bonchev–Trinajstić information content (AvgIpc) is 3.49. The molecule has 1 aromatic heterocycles. The molecule has 1 nitrogen and oxygen atoms in total. The number of rotatable bonds is 3. The highest BCUT2D eigenvalue weighted by Gasteiger charge is 2.17. The molecule has 0 radical (unpaired) electrons. The first-order valence-corrected chi connectivity index (χ1v) is 16.3. The largest absolute Gasteiger partial charge is 0.309 e. The fraction of sp³-hybridized carbons (Fsp3) is 0. The molecule has 0 saturated heterocycles. The Morgan fingerprint density at radius 3 is 1.45 bits per heavy atom. The van der Waals surface area contributed by atoms with Crippen molar-refractivity contribution in [3.8, 4) is 27.9 Å². The zero-order valence-electron chi connectivity index (χ0n) is 25.7. The van der Waals surface area contributed by atoms with Crippen molar-refractivity contribution in [3.05, 3.63) is 176 Å². The quantitative estimate of drug-likeness (QED) is 0.179. The van der Waals surface area contributed by atoms with E-state index < -0.39 is 0 Å². The molecule has 0 atom stereocenters. The van der Waals surface area contributed by atoms with Crippen LogP contribution in [-0.2, 0) is 0 Å². The molecular formula is C46H29N. The highest BCUT2D eigenvalue weighted by atomic mass is 15.0. The minimum Gasteiger partial charge on any atom is -0.309 e. The molecule has 0 aliphatic heterocycles. The predicted molar refractivity (Wildman–Crippen MR) is 202 cm³/mol. The van der Waals surface area contributed by atoms with Crippen LogP contribution in [0.15, 0.2) is 176 Å². The molecule has 0 spiro atoms. The van der Waals surface area contributed by atoms with Gasteiger partial charge in [-0.1, -0.05) is 146 Å². The van der Waals surface area contributed by atoms with Gasteiger partial charge < -0.3 is 4.57 Å². The summed E-state index contributed by atoms with van der Waals surface area (Å²) in [4.78, 5) is 0. The van der Waals surface area contributed by atoms with Crippen molar-refractivity contribution >= 4 is 64.9 Å². The van der Waals surface area contributed by atoms with Gasteiger partial charge in [0.1, 0.15) is 0 Å². The Labute approximate surface area is 272 Å². The Morgan fingerprint density at radius 2 is 0.787 bits per heavy atom. The molecule has 0 unspecified atom stereocenters. The normalized spacial score (nSPS) is 11.8. The van der Waals surface area contributed by atoms with Crippen LogP contribution in [0.4, 0.5) is 0 Å². The van der Waals surface area contributed by atoms with Crippen molar-refractivity contribution < 1.29 is 0 Å². The van der Waals surface area contributed by atoms with E-state index in [1.165, 1.54) is 87.1 Å². The first-order chi connectivity index (χ1) is 23.3. The summed E-state index contributed by atoms with van der Waals surface area (Å²) in [5.41, 5.74) is 8.50. The number of fused-ring (bicyclic) bond motifs is 10. The number of aromatic nitrogens is 1. The molecule has 0 fully saturated rings. The molecule has 218 valence electrons. The maximum atomic E-state index is 2.42. The topological polar surface area (TPSA) is 4.93 Å². The van der Waals surface area contributed by atoms with E-state index in [-0.39, 0.29) is 0 Å². The zero-order chi connectivity index (χ0) is 30.9. The van der Waals surface area contributed by atoms with Crippen molar-refractivity contribution in [3.63, 3.8) is 0 Å². The second-order valence-corrected chi connectivity index (χ2v) is 12.5. The van der Waals surface area contributed by atoms with Crippen molar-refractivity contribution in [2.24, 2.45) is 0 Å². The average molecular weight is 596 g/mol. The molecule has 0 aliphatic rings. The van der Waals surface area contributed by atoms with Gasteiger partial charge in [-0.25, -0.2) is 0 Å². The Bertz CT molecular complexity index is 2760. The standard InChI is InChI=1S/C46H29N/c1-2-14-33-30(12-1)13-11-21-35(33)44-29-32(47-45-22-9-7-19-41(45)42-20-8-10-23-46(42)47)25-27-34(44)31-24-26-40-38-17-4-3-15-36(38)37-16-5-6-18-39(37)43(40)28-31/h1-29H. The summed E-state index contributed by atoms with van der Waals surface area (Å²) in [6.45, 7) is 0. The van der Waals surface area contributed by atoms with Crippen LogP contribution in [0.1, 0.15) is 0 Å². The monoisotopic (exact) mass is 595 g/mol. The van der Waals surface area contributed by atoms with Crippen molar-refractivity contribution in [2.45, 2.75) is 0 Å². The third-order valence-electron chi connectivity index (χ3n) is 9.98. The molecule has 1 heteroatoms. The molecule has 0 saturated carbocycles. The van der Waals surface area contributed by atoms with Crippen LogP contribution in [0, 0.1) is 0 Å². The van der Waals surface area contributed by atoms with Crippen LogP contribution in [-0.4, -0.2) is 4.57 Å². The molecule has 1 heterocycles. The predicted octanol–water partition coefficient (Wildman–Crippen LogP) is 12.7. The molecule has 47 heavy (non-hydrogen) atoms. The van der Waals surface area contributed by atoms with Crippen molar-refractivity contribution in [1.82, 2.24) is 4.57 Å². The van der Waals surface area contributed by atoms with Crippen molar-refractivity contribution in [1.29, 1.82) is 0 Å². The third-order valence-corrected chi connectivity index (χ3v) is 9.98. The van der Waals surface area contributed by atoms with E-state index in [2.05, 4.69) is 180 Å². The van der Waals surface area contributed by atoms with Crippen LogP contribution in [0.3, 0.4) is 0 Å². The number of benzene rings is 9. The second-order valence-electron chi connectivity index (χ2n) is 12.5. The number of hydrogen-bond donors (Lipinski definition) is 0. The second kappa shape index (κ2) is 10.2. The summed E-state index contributed by atoms with van der Waals surface area (Å²) in [6, 6.07) is 64.6. The van der Waals surface area contributed by atoms with E-state index in [1.807, 2.05) is 0 Å². The van der Waals surface area contributed by atoms with E-state index >= 15 is 0 Å². The molecule has 10 rings (SSSR count). The number of hydrogen-bond acceptors (Lipinski definition) is 0. The van der Waals surface area contributed by atoms with Gasteiger partial charge in [-0.2, -0.15) is 0 Å². The summed E-state index contributed by atoms with van der Waals surface area (Å²) in [6.07, 6.45) is 0. The van der Waals surface area contributed by atoms with E-state index in [0.29, 0.717) is 0 Å². The van der Waals surface area contributed by atoms with Gasteiger partial charge >= 0.3 is 0 Å². The van der Waals surface area contributed by atoms with Gasteiger partial charge in [0.25, 0.3) is 0 Å². The molecule has 0 bridgehead atoms. The Morgan fingerprint density at radius 1 is 0.277 bits per heavy atom. The van der Waals surface area contributed by atoms with Crippen LogP contribution in [0.5, 0.6) is 0 Å². The Kier molecular flexibility index (Phi) is 5.64. The van der Waals surface area contributed by atoms with E-state index in [9.17, 15) is 0 Å². The first-order valence-electron chi connectivity index (χ1n) is 16.3. The summed E-state index contributed by atoms with van der Waals surface area (Å²) in [5, 5.41) is 12.8. The number of para-hydroxylation sites is 2. The van der Waals surface area contributed by atoms with Crippen LogP contribution in [0.25, 0.3) is 92.8 Å². The minimum absolute atomic E-state index is 1.16. The van der Waals surface area contributed by atoms with Gasteiger partial charge in [-0.3, -0.25) is 0 Å². The van der Waals surface area contributed by atoms with E-state index in [0.717, 1.165) is 5.69 Å². The van der Waals surface area contributed by atoms with Gasteiger partial charge in [-0.15, -0.1) is 0 Å². The maximum Gasteiger partial charge on any atom is 0.0541 e. The highest BCUT2D eigenvalue weighted by molar-refractivity contribution is 6.26. The summed E-state index contributed by atoms with van der Waals surface area (Å²) >= 11 is 0. The van der Waals surface area contributed by atoms with Gasteiger partial charge in [0.2, 0.25) is 0 Å². The SMILES string of the molecule is c1ccc2c(-c3cc(-n4c5ccccc5c5ccccc54)ccc3-c3ccc4c5ccccc5c5ccccc5c4c3)cccc2c1. The summed E-state index contributed by atoms with van der Waals surface area (Å²) in [5.74, 6) is 0. The van der Waals surface area contributed by atoms with Gasteiger partial charge in [-0.05, 0) is 95.7 Å².